The molecular formula is C29H50O6. The highest BCUT2D eigenvalue weighted by molar-refractivity contribution is 5.87. The van der Waals surface area contributed by atoms with Crippen LogP contribution < -0.4 is 0 Å². The Labute approximate surface area is 213 Å². The van der Waals surface area contributed by atoms with Gasteiger partial charge in [0.1, 0.15) is 0 Å². The number of aliphatic hydroxyl groups is 2. The van der Waals surface area contributed by atoms with E-state index in [0.29, 0.717) is 5.92 Å². The van der Waals surface area contributed by atoms with Crippen molar-refractivity contribution in [3.63, 3.8) is 0 Å². The summed E-state index contributed by atoms with van der Waals surface area (Å²) >= 11 is 0. The number of carbonyl (C=O) groups excluding carboxylic acids is 1. The Hall–Kier alpha value is -1.21. The fourth-order valence-electron chi connectivity index (χ4n) is 5.97. The Bertz CT molecular complexity index is 631. The van der Waals surface area contributed by atoms with Crippen LogP contribution in [0.15, 0.2) is 24.3 Å². The monoisotopic (exact) mass is 494 g/mol. The summed E-state index contributed by atoms with van der Waals surface area (Å²) in [4.78, 5) is 12.2. The molecule has 0 radical (unpaired) electrons. The maximum absolute atomic E-state index is 12.2. The lowest BCUT2D eigenvalue weighted by Gasteiger charge is -2.39. The first-order chi connectivity index (χ1) is 16.9. The highest BCUT2D eigenvalue weighted by Crippen LogP contribution is 2.43. The minimum atomic E-state index is -1.22. The third-order valence-corrected chi connectivity index (χ3v) is 8.31. The fourth-order valence-corrected chi connectivity index (χ4v) is 5.97. The van der Waals surface area contributed by atoms with Crippen LogP contribution in [0.2, 0.25) is 0 Å². The van der Waals surface area contributed by atoms with Crippen molar-refractivity contribution in [3.05, 3.63) is 24.3 Å². The summed E-state index contributed by atoms with van der Waals surface area (Å²) in [7, 11) is 1.52. The minimum Gasteiger partial charge on any atom is -0.462 e. The smallest absolute Gasteiger partial charge is 0.335 e. The second-order valence-corrected chi connectivity index (χ2v) is 10.8. The molecule has 2 unspecified atom stereocenters. The molecule has 6 nitrogen and oxygen atoms in total. The third kappa shape index (κ3) is 10.4. The van der Waals surface area contributed by atoms with Gasteiger partial charge in [0.15, 0.2) is 6.29 Å². The second-order valence-electron chi connectivity index (χ2n) is 10.8. The highest BCUT2D eigenvalue weighted by atomic mass is 16.6. The van der Waals surface area contributed by atoms with E-state index in [1.165, 1.54) is 71.3 Å². The molecule has 0 bridgehead atoms. The summed E-state index contributed by atoms with van der Waals surface area (Å²) in [5.74, 6) is 2.49. The summed E-state index contributed by atoms with van der Waals surface area (Å²) in [6, 6.07) is 0. The molecule has 202 valence electrons. The summed E-state index contributed by atoms with van der Waals surface area (Å²) < 4.78 is 16.1. The average molecular weight is 495 g/mol. The molecule has 0 aromatic heterocycles. The van der Waals surface area contributed by atoms with Crippen molar-refractivity contribution >= 4 is 5.97 Å². The van der Waals surface area contributed by atoms with Crippen molar-refractivity contribution in [2.75, 3.05) is 33.5 Å². The maximum Gasteiger partial charge on any atom is 0.335 e. The van der Waals surface area contributed by atoms with Gasteiger partial charge in [-0.25, -0.2) is 4.79 Å². The highest BCUT2D eigenvalue weighted by Gasteiger charge is 2.34. The number of rotatable bonds is 16. The molecule has 0 aromatic carbocycles. The van der Waals surface area contributed by atoms with E-state index in [1.54, 1.807) is 0 Å². The van der Waals surface area contributed by atoms with Crippen molar-refractivity contribution < 1.29 is 29.2 Å². The average Bonchev–Trinajstić information content (AvgIpc) is 2.88. The van der Waals surface area contributed by atoms with Crippen LogP contribution in [0, 0.1) is 29.6 Å². The zero-order valence-corrected chi connectivity index (χ0v) is 22.2. The standard InChI is InChI=1S/C29H50O6/c1-5-6-7-8-23-9-11-24(12-10-23)25-13-15-26(16-14-25)27(19-34-28(31)21(2)17-30)20-35-29(32)22(3)18-33-4/h23-28,30-31H,2-3,5-20H2,1,4H3. The fraction of sp³-hybridized carbons (Fsp3) is 0.828. The first kappa shape index (κ1) is 30.0. The molecule has 2 aliphatic carbocycles. The van der Waals surface area contributed by atoms with Gasteiger partial charge in [-0.15, -0.1) is 0 Å². The number of ether oxygens (including phenoxy) is 3. The van der Waals surface area contributed by atoms with Gasteiger partial charge in [-0.2, -0.15) is 0 Å². The van der Waals surface area contributed by atoms with Gasteiger partial charge in [0.25, 0.3) is 0 Å². The zero-order chi connectivity index (χ0) is 25.6. The molecule has 0 aliphatic heterocycles. The lowest BCUT2D eigenvalue weighted by atomic mass is 9.67. The largest absolute Gasteiger partial charge is 0.462 e. The quantitative estimate of drug-likeness (QED) is 0.0979. The van der Waals surface area contributed by atoms with Gasteiger partial charge in [-0.1, -0.05) is 58.6 Å². The first-order valence-corrected chi connectivity index (χ1v) is 13.8. The van der Waals surface area contributed by atoms with Crippen molar-refractivity contribution in [1.82, 2.24) is 0 Å². The molecule has 0 amide bonds. The van der Waals surface area contributed by atoms with Crippen molar-refractivity contribution in [1.29, 1.82) is 0 Å². The Morgan fingerprint density at radius 3 is 2.17 bits per heavy atom. The van der Waals surface area contributed by atoms with Crippen LogP contribution >= 0.6 is 0 Å². The van der Waals surface area contributed by atoms with Crippen LogP contribution in [0.3, 0.4) is 0 Å². The number of carbonyl (C=O) groups is 1. The number of methoxy groups -OCH3 is 1. The minimum absolute atomic E-state index is 0.0225. The van der Waals surface area contributed by atoms with Crippen molar-refractivity contribution in [2.45, 2.75) is 90.3 Å². The first-order valence-electron chi connectivity index (χ1n) is 13.8. The Kier molecular flexibility index (Phi) is 14.2. The Balaban J connectivity index is 1.84. The maximum atomic E-state index is 12.2. The van der Waals surface area contributed by atoms with E-state index in [0.717, 1.165) is 30.6 Å². The molecule has 0 aromatic rings. The molecule has 2 aliphatic rings. The Morgan fingerprint density at radius 2 is 1.60 bits per heavy atom. The third-order valence-electron chi connectivity index (χ3n) is 8.31. The van der Waals surface area contributed by atoms with Gasteiger partial charge in [0.05, 0.1) is 32.0 Å². The van der Waals surface area contributed by atoms with Crippen LogP contribution in [0.5, 0.6) is 0 Å². The zero-order valence-electron chi connectivity index (χ0n) is 22.2. The van der Waals surface area contributed by atoms with Gasteiger partial charge in [-0.05, 0) is 62.2 Å². The lowest BCUT2D eigenvalue weighted by molar-refractivity contribution is -0.145. The lowest BCUT2D eigenvalue weighted by Crippen LogP contribution is -2.33. The van der Waals surface area contributed by atoms with Gasteiger partial charge in [0.2, 0.25) is 0 Å². The predicted molar refractivity (Wildman–Crippen MR) is 139 cm³/mol. The molecule has 2 rings (SSSR count). The van der Waals surface area contributed by atoms with E-state index in [-0.39, 0.29) is 43.5 Å². The normalized spacial score (nSPS) is 26.6. The van der Waals surface area contributed by atoms with E-state index in [4.69, 9.17) is 14.2 Å². The Morgan fingerprint density at radius 1 is 0.971 bits per heavy atom. The predicted octanol–water partition coefficient (Wildman–Crippen LogP) is 5.43. The molecule has 2 atom stereocenters. The van der Waals surface area contributed by atoms with Gasteiger partial charge in [-0.3, -0.25) is 0 Å². The van der Waals surface area contributed by atoms with Crippen LogP contribution in [0.25, 0.3) is 0 Å². The molecule has 2 fully saturated rings. The molecule has 0 heterocycles. The van der Waals surface area contributed by atoms with Crippen LogP contribution in [-0.2, 0) is 19.0 Å². The molecule has 35 heavy (non-hydrogen) atoms. The number of hydrogen-bond acceptors (Lipinski definition) is 6. The van der Waals surface area contributed by atoms with E-state index in [9.17, 15) is 15.0 Å². The number of hydrogen-bond donors (Lipinski definition) is 2. The second kappa shape index (κ2) is 16.5. The molecular weight excluding hydrogens is 444 g/mol. The number of esters is 1. The van der Waals surface area contributed by atoms with Gasteiger partial charge >= 0.3 is 5.97 Å². The SMILES string of the molecule is C=C(COC)C(=O)OCC(COC(O)C(=C)CO)C1CCC(C2CCC(CCCCC)CC2)CC1. The molecule has 2 saturated carbocycles. The van der Waals surface area contributed by atoms with Crippen LogP contribution in [0.4, 0.5) is 0 Å². The summed E-state index contributed by atoms with van der Waals surface area (Å²) in [5, 5.41) is 19.3. The van der Waals surface area contributed by atoms with E-state index < -0.39 is 12.3 Å². The van der Waals surface area contributed by atoms with Gasteiger partial charge in [0, 0.05) is 18.6 Å². The molecule has 0 spiro atoms. The summed E-state index contributed by atoms with van der Waals surface area (Å²) in [6.07, 6.45) is 14.4. The van der Waals surface area contributed by atoms with E-state index >= 15 is 0 Å². The van der Waals surface area contributed by atoms with Crippen LogP contribution in [-0.4, -0.2) is 56.0 Å². The van der Waals surface area contributed by atoms with E-state index in [2.05, 4.69) is 20.1 Å². The van der Waals surface area contributed by atoms with Crippen LogP contribution in [0.1, 0.15) is 84.0 Å². The van der Waals surface area contributed by atoms with Crippen molar-refractivity contribution in [3.8, 4) is 0 Å². The van der Waals surface area contributed by atoms with Crippen molar-refractivity contribution in [2.24, 2.45) is 29.6 Å². The number of unbranched alkanes of at least 4 members (excludes halogenated alkanes) is 2. The molecule has 6 heteroatoms. The van der Waals surface area contributed by atoms with E-state index in [1.807, 2.05) is 0 Å². The molecule has 2 N–H and O–H groups in total. The topological polar surface area (TPSA) is 85.2 Å². The summed E-state index contributed by atoms with van der Waals surface area (Å²) in [5.41, 5.74) is 0.512. The number of aliphatic hydroxyl groups excluding tert-OH is 2. The van der Waals surface area contributed by atoms with Gasteiger partial charge < -0.3 is 24.4 Å². The summed E-state index contributed by atoms with van der Waals surface area (Å²) in [6.45, 7) is 9.91. The molecule has 0 saturated heterocycles.